The number of rotatable bonds is 24. The summed E-state index contributed by atoms with van der Waals surface area (Å²) < 4.78 is 52.2. The minimum atomic E-state index is 0.355. The molecule has 8 heteroatoms. The van der Waals surface area contributed by atoms with E-state index in [4.69, 9.17) is 37.9 Å². The lowest BCUT2D eigenvalue weighted by Gasteiger charge is -2.16. The molecule has 0 bridgehead atoms. The summed E-state index contributed by atoms with van der Waals surface area (Å²) in [6, 6.07) is 117. The molecule has 0 unspecified atom stereocenters. The van der Waals surface area contributed by atoms with Crippen LogP contribution in [0.15, 0.2) is 352 Å². The monoisotopic (exact) mass is 1450 g/mol. The molecule has 16 aromatic rings. The fourth-order valence-electron chi connectivity index (χ4n) is 13.1. The van der Waals surface area contributed by atoms with Crippen LogP contribution >= 0.6 is 0 Å². The third-order valence-electron chi connectivity index (χ3n) is 18.8. The van der Waals surface area contributed by atoms with E-state index in [-0.39, 0.29) is 0 Å². The summed E-state index contributed by atoms with van der Waals surface area (Å²) >= 11 is 0. The lowest BCUT2D eigenvalue weighted by Crippen LogP contribution is -1.99. The minimum absolute atomic E-state index is 0.355. The molecular weight excluding hydrogens is 1380 g/mol. The van der Waals surface area contributed by atoms with E-state index in [2.05, 4.69) is 83.8 Å². The molecule has 0 radical (unpaired) electrons. The molecule has 8 nitrogen and oxygen atoms in total. The van der Waals surface area contributed by atoms with E-state index in [1.165, 1.54) is 0 Å². The normalized spacial score (nSPS) is 10.7. The molecule has 0 spiro atoms. The van der Waals surface area contributed by atoms with E-state index in [0.29, 0.717) is 121 Å². The van der Waals surface area contributed by atoms with Crippen LogP contribution in [-0.2, 0) is 52.9 Å². The molecule has 0 aliphatic rings. The summed E-state index contributed by atoms with van der Waals surface area (Å²) in [4.78, 5) is 0. The molecule has 0 atom stereocenters. The molecule has 16 aromatic carbocycles. The molecule has 0 saturated heterocycles. The van der Waals surface area contributed by atoms with Crippen molar-refractivity contribution < 1.29 is 37.9 Å². The molecule has 0 fully saturated rings. The molecule has 0 aliphatic heterocycles. The highest BCUT2D eigenvalue weighted by Gasteiger charge is 2.19. The van der Waals surface area contributed by atoms with Crippen LogP contribution in [0, 0.1) is 47.4 Å². The summed E-state index contributed by atoms with van der Waals surface area (Å²) in [5.41, 5.74) is 14.0. The van der Waals surface area contributed by atoms with Crippen LogP contribution in [0.1, 0.15) is 89.0 Å². The van der Waals surface area contributed by atoms with Gasteiger partial charge < -0.3 is 37.9 Å². The van der Waals surface area contributed by atoms with Gasteiger partial charge in [-0.3, -0.25) is 0 Å². The second-order valence-corrected chi connectivity index (χ2v) is 27.0. The summed E-state index contributed by atoms with van der Waals surface area (Å²) in [6.45, 7) is 2.84. The minimum Gasteiger partial charge on any atom is -0.489 e. The topological polar surface area (TPSA) is 73.8 Å². The SMILES string of the molecule is C(#Cc1cc(C#Cc2cc(OCc3ccccc3)cc(OCc3ccccc3)c2)c2ccc3c(C#Cc4cc(OCc5ccccc5)cc(OCc5ccccc5)c4)cc(C#Cc4cc(OCc5ccccc5)cc(OCc5ccccc5)c4)c4ccc1c2c43)c1cc(OCc2ccccc2)cc(OCc2ccccc2)c1. The van der Waals surface area contributed by atoms with Crippen LogP contribution in [0.25, 0.3) is 32.3 Å². The maximum absolute atomic E-state index is 6.53. The van der Waals surface area contributed by atoms with Crippen molar-refractivity contribution in [3.8, 4) is 93.4 Å². The highest BCUT2D eigenvalue weighted by Crippen LogP contribution is 2.41. The number of hydrogen-bond acceptors (Lipinski definition) is 8. The van der Waals surface area contributed by atoms with Crippen molar-refractivity contribution >= 4 is 32.3 Å². The quantitative estimate of drug-likeness (QED) is 0.0438. The van der Waals surface area contributed by atoms with Gasteiger partial charge in [0, 0.05) is 68.8 Å². The average molecular weight is 1450 g/mol. The van der Waals surface area contributed by atoms with Crippen LogP contribution in [0.5, 0.6) is 46.0 Å². The van der Waals surface area contributed by atoms with E-state index < -0.39 is 0 Å². The first-order chi connectivity index (χ1) is 55.4. The summed E-state index contributed by atoms with van der Waals surface area (Å²) in [5, 5.41) is 5.52. The van der Waals surface area contributed by atoms with Gasteiger partial charge in [0.15, 0.2) is 0 Å². The lowest BCUT2D eigenvalue weighted by atomic mass is 9.86. The lowest BCUT2D eigenvalue weighted by molar-refractivity contribution is 0.289. The molecule has 0 heterocycles. The zero-order valence-electron chi connectivity index (χ0n) is 61.4. The van der Waals surface area contributed by atoms with Gasteiger partial charge in [0.2, 0.25) is 0 Å². The Balaban J connectivity index is 0.876. The predicted molar refractivity (Wildman–Crippen MR) is 446 cm³/mol. The Hall–Kier alpha value is -14.8. The van der Waals surface area contributed by atoms with Gasteiger partial charge >= 0.3 is 0 Å². The van der Waals surface area contributed by atoms with Gasteiger partial charge in [0.25, 0.3) is 0 Å². The predicted octanol–water partition coefficient (Wildman–Crippen LogP) is 22.8. The maximum atomic E-state index is 6.53. The van der Waals surface area contributed by atoms with Crippen LogP contribution < -0.4 is 37.9 Å². The Kier molecular flexibility index (Phi) is 22.5. The van der Waals surface area contributed by atoms with Crippen molar-refractivity contribution in [3.63, 3.8) is 0 Å². The molecule has 0 aromatic heterocycles. The molecule has 16 rings (SSSR count). The van der Waals surface area contributed by atoms with Crippen molar-refractivity contribution in [2.75, 3.05) is 0 Å². The van der Waals surface area contributed by atoms with Gasteiger partial charge in [0.05, 0.1) is 0 Å². The van der Waals surface area contributed by atoms with Gasteiger partial charge in [-0.2, -0.15) is 0 Å². The van der Waals surface area contributed by atoms with Crippen LogP contribution in [-0.4, -0.2) is 0 Å². The molecule has 0 aliphatic carbocycles. The zero-order valence-corrected chi connectivity index (χ0v) is 61.4. The van der Waals surface area contributed by atoms with Gasteiger partial charge in [-0.15, -0.1) is 0 Å². The maximum Gasteiger partial charge on any atom is 0.124 e. The first kappa shape index (κ1) is 71.5. The van der Waals surface area contributed by atoms with Gasteiger partial charge in [-0.1, -0.05) is 314 Å². The number of benzene rings is 16. The summed E-state index contributed by atoms with van der Waals surface area (Å²) in [7, 11) is 0. The van der Waals surface area contributed by atoms with Crippen LogP contribution in [0.3, 0.4) is 0 Å². The van der Waals surface area contributed by atoms with E-state index in [0.717, 1.165) is 99.1 Å². The van der Waals surface area contributed by atoms with Gasteiger partial charge in [0.1, 0.15) is 98.9 Å². The number of ether oxygens (including phenoxy) is 8. The van der Waals surface area contributed by atoms with Crippen molar-refractivity contribution in [2.45, 2.75) is 52.9 Å². The molecule has 0 amide bonds. The van der Waals surface area contributed by atoms with E-state index >= 15 is 0 Å². The fraction of sp³-hybridized carbons (Fsp3) is 0.0769. The summed E-state index contributed by atoms with van der Waals surface area (Å²) in [5.74, 6) is 34.1. The standard InChI is InChI=1S/C104H74O8/c1-9-25-75(26-10-1)67-105-91-53-83(54-92(63-91)106-68-76-27-11-2-12-28-76)41-45-87-61-88(46-42-84-55-93(107-69-77-29-13-3-14-30-77)64-94(56-84)108-70-78-31-15-4-16-32-78)100-51-52-102-90(48-44-86-59-97(111-73-81-37-21-7-22-38-81)66-98(60-86)112-74-82-39-23-8-24-40-82)62-89(101-50-49-99(87)103(100)104(101)102)47-43-85-57-95(109-71-79-33-17-5-18-34-79)65-96(58-85)110-72-80-35-19-6-20-36-80/h1-40,49-66H,67-74H2. The van der Waals surface area contributed by atoms with E-state index in [1.807, 2.05) is 315 Å². The molecule has 0 saturated carbocycles. The van der Waals surface area contributed by atoms with Crippen molar-refractivity contribution in [3.05, 3.63) is 441 Å². The van der Waals surface area contributed by atoms with E-state index in [9.17, 15) is 0 Å². The number of hydrogen-bond donors (Lipinski definition) is 0. The third kappa shape index (κ3) is 18.9. The second-order valence-electron chi connectivity index (χ2n) is 27.0. The first-order valence-corrected chi connectivity index (χ1v) is 37.2. The molecule has 0 N–H and O–H groups in total. The second kappa shape index (κ2) is 35.3. The Labute approximate surface area is 653 Å². The largest absolute Gasteiger partial charge is 0.489 e. The van der Waals surface area contributed by atoms with Crippen molar-refractivity contribution in [2.24, 2.45) is 0 Å². The molecule has 538 valence electrons. The van der Waals surface area contributed by atoms with Crippen LogP contribution in [0.4, 0.5) is 0 Å². The smallest absolute Gasteiger partial charge is 0.124 e. The molecular formula is C104H74O8. The third-order valence-corrected chi connectivity index (χ3v) is 18.8. The molecule has 112 heavy (non-hydrogen) atoms. The Morgan fingerprint density at radius 3 is 0.455 bits per heavy atom. The fourth-order valence-corrected chi connectivity index (χ4v) is 13.1. The van der Waals surface area contributed by atoms with Crippen molar-refractivity contribution in [1.29, 1.82) is 0 Å². The Morgan fingerprint density at radius 2 is 0.304 bits per heavy atom. The summed E-state index contributed by atoms with van der Waals surface area (Å²) in [6.07, 6.45) is 0. The first-order valence-electron chi connectivity index (χ1n) is 37.2. The Bertz CT molecular complexity index is 5190. The van der Waals surface area contributed by atoms with Gasteiger partial charge in [-0.25, -0.2) is 0 Å². The average Bonchev–Trinajstić information content (AvgIpc) is 0.718. The van der Waals surface area contributed by atoms with Gasteiger partial charge in [-0.05, 0) is 137 Å². The Morgan fingerprint density at radius 1 is 0.152 bits per heavy atom. The van der Waals surface area contributed by atoms with E-state index in [1.54, 1.807) is 0 Å². The highest BCUT2D eigenvalue weighted by atomic mass is 16.5. The zero-order chi connectivity index (χ0) is 75.3. The van der Waals surface area contributed by atoms with Crippen LogP contribution in [0.2, 0.25) is 0 Å². The van der Waals surface area contributed by atoms with Crippen molar-refractivity contribution in [1.82, 2.24) is 0 Å². The highest BCUT2D eigenvalue weighted by molar-refractivity contribution is 6.27.